The highest BCUT2D eigenvalue weighted by Gasteiger charge is 2.22. The molecule has 0 saturated heterocycles. The maximum absolute atomic E-state index is 2.42. The largest absolute Gasteiger partial charge is 0.309 e. The van der Waals surface area contributed by atoms with Gasteiger partial charge < -0.3 is 4.90 Å². The molecule has 0 atom stereocenters. The van der Waals surface area contributed by atoms with E-state index < -0.39 is 0 Å². The van der Waals surface area contributed by atoms with Crippen LogP contribution in [0.5, 0.6) is 0 Å². The molecular weight excluding hydrogens is 470 g/mol. The number of hydrogen-bond acceptors (Lipinski definition) is 1. The van der Waals surface area contributed by atoms with Gasteiger partial charge in [0.05, 0.1) is 11.4 Å². The summed E-state index contributed by atoms with van der Waals surface area (Å²) < 4.78 is 0. The number of para-hydroxylation sites is 2. The molecule has 7 rings (SSSR count). The van der Waals surface area contributed by atoms with Crippen LogP contribution in [0, 0.1) is 0 Å². The van der Waals surface area contributed by atoms with E-state index in [4.69, 9.17) is 0 Å². The highest BCUT2D eigenvalue weighted by molar-refractivity contribution is 6.11. The summed E-state index contributed by atoms with van der Waals surface area (Å²) in [7, 11) is 0. The van der Waals surface area contributed by atoms with Crippen LogP contribution in [0.15, 0.2) is 164 Å². The Morgan fingerprint density at radius 1 is 0.333 bits per heavy atom. The quantitative estimate of drug-likeness (QED) is 0.229. The average Bonchev–Trinajstić information content (AvgIpc) is 3.02. The second-order valence-corrected chi connectivity index (χ2v) is 9.76. The third-order valence-electron chi connectivity index (χ3n) is 7.45. The first-order valence-corrected chi connectivity index (χ1v) is 13.4. The van der Waals surface area contributed by atoms with Gasteiger partial charge in [0, 0.05) is 16.8 Å². The number of nitrogens with zero attached hydrogens (tertiary/aromatic N) is 1. The van der Waals surface area contributed by atoms with Gasteiger partial charge in [0.15, 0.2) is 0 Å². The van der Waals surface area contributed by atoms with Crippen LogP contribution in [0.4, 0.5) is 17.1 Å². The van der Waals surface area contributed by atoms with Crippen molar-refractivity contribution in [1.29, 1.82) is 0 Å². The minimum absolute atomic E-state index is 1.12. The molecule has 0 aromatic heterocycles. The van der Waals surface area contributed by atoms with Gasteiger partial charge >= 0.3 is 0 Å². The van der Waals surface area contributed by atoms with Crippen molar-refractivity contribution in [3.8, 4) is 22.3 Å². The molecule has 1 nitrogen and oxygen atoms in total. The predicted octanol–water partition coefficient (Wildman–Crippen LogP) is 10.8. The fourth-order valence-electron chi connectivity index (χ4n) is 5.69. The number of benzene rings is 7. The van der Waals surface area contributed by atoms with E-state index >= 15 is 0 Å². The monoisotopic (exact) mass is 497 g/mol. The zero-order valence-corrected chi connectivity index (χ0v) is 21.5. The van der Waals surface area contributed by atoms with Crippen LogP contribution >= 0.6 is 0 Å². The standard InChI is InChI=1S/C38H27N/c1-3-14-29(15-4-1)33-22-11-12-25-36(33)39(31-19-5-2-6-20-31)37-27-26-30-17-8-10-23-34(30)38(37)35-24-13-18-28-16-7-9-21-32(28)35/h1-27H. The Labute approximate surface area is 229 Å². The Morgan fingerprint density at radius 2 is 0.897 bits per heavy atom. The summed E-state index contributed by atoms with van der Waals surface area (Å²) >= 11 is 0. The summed E-state index contributed by atoms with van der Waals surface area (Å²) in [5.41, 5.74) is 8.28. The molecule has 0 N–H and O–H groups in total. The molecular formula is C38H27N. The van der Waals surface area contributed by atoms with Gasteiger partial charge in [-0.15, -0.1) is 0 Å². The molecule has 0 aliphatic carbocycles. The Bertz CT molecular complexity index is 1900. The summed E-state index contributed by atoms with van der Waals surface area (Å²) in [6.07, 6.45) is 0. The lowest BCUT2D eigenvalue weighted by molar-refractivity contribution is 1.29. The Kier molecular flexibility index (Phi) is 5.88. The van der Waals surface area contributed by atoms with Gasteiger partial charge in [-0.2, -0.15) is 0 Å². The fraction of sp³-hybridized carbons (Fsp3) is 0. The maximum atomic E-state index is 2.42. The first kappa shape index (κ1) is 23.0. The van der Waals surface area contributed by atoms with Crippen LogP contribution in [0.1, 0.15) is 0 Å². The second-order valence-electron chi connectivity index (χ2n) is 9.76. The molecule has 0 heterocycles. The molecule has 7 aromatic carbocycles. The molecule has 0 aliphatic rings. The molecule has 0 aliphatic heterocycles. The number of rotatable bonds is 5. The lowest BCUT2D eigenvalue weighted by atomic mass is 9.91. The van der Waals surface area contributed by atoms with E-state index in [0.717, 1.165) is 17.1 Å². The van der Waals surface area contributed by atoms with E-state index in [1.807, 2.05) is 0 Å². The Balaban J connectivity index is 1.59. The zero-order valence-electron chi connectivity index (χ0n) is 21.5. The van der Waals surface area contributed by atoms with Crippen LogP contribution in [0.3, 0.4) is 0 Å². The minimum atomic E-state index is 1.12. The van der Waals surface area contributed by atoms with Crippen molar-refractivity contribution in [2.45, 2.75) is 0 Å². The van der Waals surface area contributed by atoms with Gasteiger partial charge in [0.2, 0.25) is 0 Å². The van der Waals surface area contributed by atoms with Crippen LogP contribution in [0.25, 0.3) is 43.8 Å². The molecule has 7 aromatic rings. The highest BCUT2D eigenvalue weighted by atomic mass is 15.1. The van der Waals surface area contributed by atoms with Gasteiger partial charge in [-0.25, -0.2) is 0 Å². The Morgan fingerprint density at radius 3 is 1.69 bits per heavy atom. The number of fused-ring (bicyclic) bond motifs is 2. The fourth-order valence-corrected chi connectivity index (χ4v) is 5.69. The van der Waals surface area contributed by atoms with E-state index in [9.17, 15) is 0 Å². The lowest BCUT2D eigenvalue weighted by Crippen LogP contribution is -2.12. The molecule has 0 bridgehead atoms. The molecule has 0 unspecified atom stereocenters. The van der Waals surface area contributed by atoms with Crippen molar-refractivity contribution in [2.24, 2.45) is 0 Å². The summed E-state index contributed by atoms with van der Waals surface area (Å²) in [5.74, 6) is 0. The van der Waals surface area contributed by atoms with Crippen LogP contribution in [0.2, 0.25) is 0 Å². The summed E-state index contributed by atoms with van der Waals surface area (Å²) in [4.78, 5) is 2.42. The lowest BCUT2D eigenvalue weighted by Gasteiger charge is -2.30. The third-order valence-corrected chi connectivity index (χ3v) is 7.45. The molecule has 0 spiro atoms. The molecule has 0 amide bonds. The predicted molar refractivity (Wildman–Crippen MR) is 167 cm³/mol. The molecule has 0 fully saturated rings. The van der Waals surface area contributed by atoms with E-state index in [2.05, 4.69) is 169 Å². The smallest absolute Gasteiger partial charge is 0.0546 e. The van der Waals surface area contributed by atoms with Crippen LogP contribution in [-0.2, 0) is 0 Å². The van der Waals surface area contributed by atoms with Crippen molar-refractivity contribution >= 4 is 38.6 Å². The maximum Gasteiger partial charge on any atom is 0.0546 e. The molecule has 39 heavy (non-hydrogen) atoms. The zero-order chi connectivity index (χ0) is 26.0. The Hall–Kier alpha value is -5.14. The highest BCUT2D eigenvalue weighted by Crippen LogP contribution is 2.47. The van der Waals surface area contributed by atoms with E-state index in [1.165, 1.54) is 43.8 Å². The topological polar surface area (TPSA) is 3.24 Å². The summed E-state index contributed by atoms with van der Waals surface area (Å²) in [6.45, 7) is 0. The summed E-state index contributed by atoms with van der Waals surface area (Å²) in [5, 5.41) is 4.96. The third kappa shape index (κ3) is 4.15. The van der Waals surface area contributed by atoms with Gasteiger partial charge in [-0.05, 0) is 56.9 Å². The van der Waals surface area contributed by atoms with Crippen molar-refractivity contribution in [1.82, 2.24) is 0 Å². The normalized spacial score (nSPS) is 11.1. The van der Waals surface area contributed by atoms with Crippen LogP contribution < -0.4 is 4.90 Å². The first-order chi connectivity index (χ1) is 19.4. The summed E-state index contributed by atoms with van der Waals surface area (Å²) in [6, 6.07) is 58.7. The van der Waals surface area contributed by atoms with Gasteiger partial charge in [-0.3, -0.25) is 0 Å². The minimum Gasteiger partial charge on any atom is -0.309 e. The molecule has 0 saturated carbocycles. The van der Waals surface area contributed by atoms with Gasteiger partial charge in [0.1, 0.15) is 0 Å². The van der Waals surface area contributed by atoms with Crippen molar-refractivity contribution in [2.75, 3.05) is 4.90 Å². The van der Waals surface area contributed by atoms with E-state index in [-0.39, 0.29) is 0 Å². The van der Waals surface area contributed by atoms with Crippen molar-refractivity contribution in [3.63, 3.8) is 0 Å². The SMILES string of the molecule is c1ccc(-c2ccccc2N(c2ccccc2)c2ccc3ccccc3c2-c2cccc3ccccc23)cc1. The van der Waals surface area contributed by atoms with Gasteiger partial charge in [0.25, 0.3) is 0 Å². The van der Waals surface area contributed by atoms with E-state index in [0.29, 0.717) is 0 Å². The molecule has 0 radical (unpaired) electrons. The first-order valence-electron chi connectivity index (χ1n) is 13.4. The van der Waals surface area contributed by atoms with Crippen molar-refractivity contribution < 1.29 is 0 Å². The van der Waals surface area contributed by atoms with Crippen LogP contribution in [-0.4, -0.2) is 0 Å². The molecule has 1 heteroatoms. The second kappa shape index (κ2) is 9.96. The van der Waals surface area contributed by atoms with E-state index in [1.54, 1.807) is 0 Å². The average molecular weight is 498 g/mol. The number of anilines is 3. The number of hydrogen-bond donors (Lipinski definition) is 0. The van der Waals surface area contributed by atoms with Gasteiger partial charge in [-0.1, -0.05) is 140 Å². The van der Waals surface area contributed by atoms with Crippen molar-refractivity contribution in [3.05, 3.63) is 164 Å². The molecule has 184 valence electrons.